The van der Waals surface area contributed by atoms with Crippen LogP contribution in [0.5, 0.6) is 0 Å². The molecule has 0 N–H and O–H groups in total. The molecule has 3 nitrogen and oxygen atoms in total. The zero-order chi connectivity index (χ0) is 39.6. The number of hydrogen-bond donors (Lipinski definition) is 0. The van der Waals surface area contributed by atoms with Gasteiger partial charge in [0.15, 0.2) is 5.82 Å². The molecule has 0 aliphatic carbocycles. The van der Waals surface area contributed by atoms with E-state index in [0.717, 1.165) is 82.9 Å². The van der Waals surface area contributed by atoms with Crippen LogP contribution in [-0.2, 0) is 0 Å². The van der Waals surface area contributed by atoms with Crippen molar-refractivity contribution >= 4 is 64.8 Å². The van der Waals surface area contributed by atoms with Crippen LogP contribution in [0.1, 0.15) is 0 Å². The maximum Gasteiger partial charge on any atom is 0.161 e. The molecule has 0 bridgehead atoms. The minimum absolute atomic E-state index is 0.701. The van der Waals surface area contributed by atoms with E-state index < -0.39 is 0 Å². The van der Waals surface area contributed by atoms with Crippen molar-refractivity contribution in [2.75, 3.05) is 0 Å². The number of rotatable bonds is 5. The van der Waals surface area contributed by atoms with E-state index in [1.54, 1.807) is 0 Å². The molecule has 60 heavy (non-hydrogen) atoms. The predicted octanol–water partition coefficient (Wildman–Crippen LogP) is 15.1. The summed E-state index contributed by atoms with van der Waals surface area (Å²) in [5.74, 6) is 0.701. The second kappa shape index (κ2) is 13.8. The minimum Gasteiger partial charge on any atom is -0.247 e. The molecule has 12 aromatic rings. The second-order valence-corrected chi connectivity index (χ2v) is 15.5. The summed E-state index contributed by atoms with van der Waals surface area (Å²) >= 11 is 0. The molecule has 0 atom stereocenters. The standard InChI is InChI=1S/C57H35N3/c1-2-17-39-32-42(31-30-36(39)14-1)56-51-34-50(45-24-7-8-25-47(45)55(51)49-26-9-10-29-52(49)58-56)40-20-11-21-41(33-40)53-35-54(46-27-12-18-37-15-3-5-22-43(37)46)60-57(59-53)48-28-13-19-38-16-4-6-23-44(38)48/h1-35H. The normalized spacial score (nSPS) is 11.7. The lowest BCUT2D eigenvalue weighted by Crippen LogP contribution is -1.97. The second-order valence-electron chi connectivity index (χ2n) is 15.5. The summed E-state index contributed by atoms with van der Waals surface area (Å²) < 4.78 is 0. The molecule has 3 heteroatoms. The van der Waals surface area contributed by atoms with E-state index >= 15 is 0 Å². The Labute approximate surface area is 346 Å². The number of hydrogen-bond acceptors (Lipinski definition) is 3. The molecular formula is C57H35N3. The molecule has 2 aromatic heterocycles. The van der Waals surface area contributed by atoms with Gasteiger partial charge in [0, 0.05) is 38.4 Å². The third-order valence-corrected chi connectivity index (χ3v) is 12.0. The topological polar surface area (TPSA) is 38.7 Å². The van der Waals surface area contributed by atoms with Crippen LogP contribution in [0.25, 0.3) is 121 Å². The highest BCUT2D eigenvalue weighted by molar-refractivity contribution is 6.25. The Hall–Kier alpha value is -8.01. The average Bonchev–Trinajstić information content (AvgIpc) is 3.32. The number of para-hydroxylation sites is 1. The van der Waals surface area contributed by atoms with Gasteiger partial charge in [-0.3, -0.25) is 0 Å². The van der Waals surface area contributed by atoms with Crippen molar-refractivity contribution in [3.8, 4) is 56.3 Å². The molecule has 0 radical (unpaired) electrons. The lowest BCUT2D eigenvalue weighted by Gasteiger charge is -2.17. The zero-order valence-corrected chi connectivity index (χ0v) is 32.5. The zero-order valence-electron chi connectivity index (χ0n) is 32.5. The van der Waals surface area contributed by atoms with Gasteiger partial charge in [-0.05, 0) is 84.5 Å². The fraction of sp³-hybridized carbons (Fsp3) is 0. The lowest BCUT2D eigenvalue weighted by atomic mass is 9.89. The fourth-order valence-corrected chi connectivity index (χ4v) is 9.18. The van der Waals surface area contributed by atoms with E-state index in [1.807, 2.05) is 0 Å². The average molecular weight is 762 g/mol. The highest BCUT2D eigenvalue weighted by Gasteiger charge is 2.19. The van der Waals surface area contributed by atoms with Crippen LogP contribution in [0.2, 0.25) is 0 Å². The molecule has 0 aliphatic rings. The Morgan fingerprint density at radius 3 is 1.65 bits per heavy atom. The number of nitrogens with zero attached hydrogens (tertiary/aromatic N) is 3. The number of fused-ring (bicyclic) bond motifs is 8. The number of benzene rings is 10. The third kappa shape index (κ3) is 5.63. The summed E-state index contributed by atoms with van der Waals surface area (Å²) in [7, 11) is 0. The largest absolute Gasteiger partial charge is 0.247 e. The van der Waals surface area contributed by atoms with Gasteiger partial charge in [0.25, 0.3) is 0 Å². The van der Waals surface area contributed by atoms with E-state index in [1.165, 1.54) is 32.3 Å². The van der Waals surface area contributed by atoms with E-state index in [0.29, 0.717) is 5.82 Å². The van der Waals surface area contributed by atoms with Gasteiger partial charge >= 0.3 is 0 Å². The molecule has 0 fully saturated rings. The lowest BCUT2D eigenvalue weighted by molar-refractivity contribution is 1.19. The van der Waals surface area contributed by atoms with Gasteiger partial charge < -0.3 is 0 Å². The Morgan fingerprint density at radius 2 is 0.850 bits per heavy atom. The summed E-state index contributed by atoms with van der Waals surface area (Å²) in [6.07, 6.45) is 0. The van der Waals surface area contributed by atoms with Gasteiger partial charge in [0.1, 0.15) is 0 Å². The Kier molecular flexibility index (Phi) is 7.85. The Morgan fingerprint density at radius 1 is 0.267 bits per heavy atom. The molecule has 0 amide bonds. The predicted molar refractivity (Wildman–Crippen MR) is 252 cm³/mol. The molecule has 12 rings (SSSR count). The van der Waals surface area contributed by atoms with Crippen molar-refractivity contribution in [2.24, 2.45) is 0 Å². The molecule has 10 aromatic carbocycles. The van der Waals surface area contributed by atoms with Crippen molar-refractivity contribution in [3.63, 3.8) is 0 Å². The van der Waals surface area contributed by atoms with Gasteiger partial charge in [-0.15, -0.1) is 0 Å². The Balaban J connectivity index is 1.10. The molecule has 2 heterocycles. The summed E-state index contributed by atoms with van der Waals surface area (Å²) in [5, 5.41) is 12.9. The van der Waals surface area contributed by atoms with E-state index in [2.05, 4.69) is 212 Å². The molecule has 0 spiro atoms. The maximum atomic E-state index is 5.39. The first-order valence-corrected chi connectivity index (χ1v) is 20.4. The first kappa shape index (κ1) is 34.1. The summed E-state index contributed by atoms with van der Waals surface area (Å²) in [6, 6.07) is 75.8. The maximum absolute atomic E-state index is 5.39. The highest BCUT2D eigenvalue weighted by Crippen LogP contribution is 2.43. The summed E-state index contributed by atoms with van der Waals surface area (Å²) in [6.45, 7) is 0. The van der Waals surface area contributed by atoms with Gasteiger partial charge in [0.05, 0.1) is 22.6 Å². The first-order chi connectivity index (χ1) is 29.7. The van der Waals surface area contributed by atoms with Gasteiger partial charge in [-0.2, -0.15) is 0 Å². The van der Waals surface area contributed by atoms with Crippen molar-refractivity contribution in [1.82, 2.24) is 15.0 Å². The van der Waals surface area contributed by atoms with Crippen LogP contribution in [0.4, 0.5) is 0 Å². The van der Waals surface area contributed by atoms with Crippen LogP contribution in [0, 0.1) is 0 Å². The summed E-state index contributed by atoms with van der Waals surface area (Å²) in [4.78, 5) is 16.1. The number of aromatic nitrogens is 3. The molecule has 0 saturated heterocycles. The van der Waals surface area contributed by atoms with Crippen LogP contribution in [0.15, 0.2) is 212 Å². The van der Waals surface area contributed by atoms with Crippen molar-refractivity contribution in [3.05, 3.63) is 212 Å². The quantitative estimate of drug-likeness (QED) is 0.164. The van der Waals surface area contributed by atoms with Crippen molar-refractivity contribution in [1.29, 1.82) is 0 Å². The smallest absolute Gasteiger partial charge is 0.161 e. The third-order valence-electron chi connectivity index (χ3n) is 12.0. The molecule has 0 unspecified atom stereocenters. The van der Waals surface area contributed by atoms with E-state index in [-0.39, 0.29) is 0 Å². The van der Waals surface area contributed by atoms with Crippen LogP contribution >= 0.6 is 0 Å². The minimum atomic E-state index is 0.701. The molecule has 278 valence electrons. The van der Waals surface area contributed by atoms with E-state index in [9.17, 15) is 0 Å². The fourth-order valence-electron chi connectivity index (χ4n) is 9.18. The van der Waals surface area contributed by atoms with Crippen LogP contribution in [-0.4, -0.2) is 15.0 Å². The Bertz CT molecular complexity index is 3570. The van der Waals surface area contributed by atoms with Gasteiger partial charge in [0.2, 0.25) is 0 Å². The number of pyridine rings is 1. The first-order valence-electron chi connectivity index (χ1n) is 20.4. The van der Waals surface area contributed by atoms with Crippen molar-refractivity contribution in [2.45, 2.75) is 0 Å². The SMILES string of the molecule is c1cc(-c2cc(-c3cccc4ccccc34)nc(-c3cccc4ccccc34)n2)cc(-c2cc3c(-c4ccc5ccccc5c4)nc4ccccc4c3c3ccccc23)c1. The van der Waals surface area contributed by atoms with Crippen LogP contribution in [0.3, 0.4) is 0 Å². The highest BCUT2D eigenvalue weighted by atomic mass is 14.9. The molecule has 0 saturated carbocycles. The molecule has 0 aliphatic heterocycles. The molecular weight excluding hydrogens is 727 g/mol. The van der Waals surface area contributed by atoms with Crippen LogP contribution < -0.4 is 0 Å². The van der Waals surface area contributed by atoms with Gasteiger partial charge in [-0.25, -0.2) is 15.0 Å². The monoisotopic (exact) mass is 761 g/mol. The van der Waals surface area contributed by atoms with Gasteiger partial charge in [-0.1, -0.05) is 182 Å². The van der Waals surface area contributed by atoms with E-state index in [4.69, 9.17) is 15.0 Å². The van der Waals surface area contributed by atoms with Crippen molar-refractivity contribution < 1.29 is 0 Å². The summed E-state index contributed by atoms with van der Waals surface area (Å²) in [5.41, 5.74) is 10.2.